The molecule has 0 amide bonds. The largest absolute Gasteiger partial charge is 0.495 e. The van der Waals surface area contributed by atoms with Crippen LogP contribution in [0.15, 0.2) is 23.1 Å². The van der Waals surface area contributed by atoms with Crippen molar-refractivity contribution in [1.82, 2.24) is 4.72 Å². The first-order chi connectivity index (χ1) is 8.42. The summed E-state index contributed by atoms with van der Waals surface area (Å²) in [4.78, 5) is 0.0699. The number of methoxy groups -OCH3 is 1. The molecular weight excluding hydrogens is 256 g/mol. The first-order valence-electron chi connectivity index (χ1n) is 5.51. The molecule has 6 nitrogen and oxygen atoms in total. The van der Waals surface area contributed by atoms with E-state index >= 15 is 0 Å². The molecule has 1 aromatic carbocycles. The van der Waals surface area contributed by atoms with Crippen LogP contribution in [0.25, 0.3) is 0 Å². The maximum Gasteiger partial charge on any atom is 0.241 e. The number of nitrogens with one attached hydrogen (secondary N) is 1. The standard InChI is InChI=1S/C11H16N2O4S/c1-17-10-3-2-8(6-9(10)12)18(15,16)13-11(7-14)4-5-11/h2-3,6,13-14H,4-5,7,12H2,1H3. The number of hydrogen-bond donors (Lipinski definition) is 3. The first kappa shape index (κ1) is 13.1. The molecule has 7 heteroatoms. The topological polar surface area (TPSA) is 102 Å². The third kappa shape index (κ3) is 2.43. The zero-order valence-corrected chi connectivity index (χ0v) is 10.8. The number of aliphatic hydroxyl groups is 1. The maximum atomic E-state index is 12.1. The fourth-order valence-corrected chi connectivity index (χ4v) is 3.15. The van der Waals surface area contributed by atoms with Gasteiger partial charge in [-0.2, -0.15) is 0 Å². The van der Waals surface area contributed by atoms with Crippen molar-refractivity contribution in [3.05, 3.63) is 18.2 Å². The highest BCUT2D eigenvalue weighted by Gasteiger charge is 2.45. The van der Waals surface area contributed by atoms with Gasteiger partial charge in [0.15, 0.2) is 0 Å². The second-order valence-corrected chi connectivity index (χ2v) is 6.13. The predicted molar refractivity (Wildman–Crippen MR) is 66.8 cm³/mol. The molecule has 100 valence electrons. The van der Waals surface area contributed by atoms with Gasteiger partial charge in [0, 0.05) is 0 Å². The quantitative estimate of drug-likeness (QED) is 0.659. The van der Waals surface area contributed by atoms with Crippen LogP contribution < -0.4 is 15.2 Å². The Balaban J connectivity index is 2.27. The molecule has 18 heavy (non-hydrogen) atoms. The van der Waals surface area contributed by atoms with E-state index < -0.39 is 15.6 Å². The number of sulfonamides is 1. The molecule has 1 aliphatic rings. The number of anilines is 1. The van der Waals surface area contributed by atoms with Crippen LogP contribution in [-0.2, 0) is 10.0 Å². The van der Waals surface area contributed by atoms with Gasteiger partial charge < -0.3 is 15.6 Å². The molecule has 0 spiro atoms. The summed E-state index contributed by atoms with van der Waals surface area (Å²) in [5.74, 6) is 0.428. The van der Waals surface area contributed by atoms with E-state index in [9.17, 15) is 8.42 Å². The molecule has 0 atom stereocenters. The number of nitrogens with two attached hydrogens (primary N) is 1. The lowest BCUT2D eigenvalue weighted by Gasteiger charge is -2.15. The van der Waals surface area contributed by atoms with Crippen LogP contribution in [-0.4, -0.2) is 32.8 Å². The number of hydrogen-bond acceptors (Lipinski definition) is 5. The lowest BCUT2D eigenvalue weighted by molar-refractivity contribution is 0.246. The lowest BCUT2D eigenvalue weighted by atomic mass is 10.3. The molecule has 4 N–H and O–H groups in total. The highest BCUT2D eigenvalue weighted by molar-refractivity contribution is 7.89. The van der Waals surface area contributed by atoms with E-state index in [2.05, 4.69) is 4.72 Å². The summed E-state index contributed by atoms with van der Waals surface area (Å²) < 4.78 is 31.6. The van der Waals surface area contributed by atoms with E-state index in [0.717, 1.165) is 0 Å². The van der Waals surface area contributed by atoms with Crippen molar-refractivity contribution < 1.29 is 18.3 Å². The molecule has 1 fully saturated rings. The van der Waals surface area contributed by atoms with Gasteiger partial charge in [0.2, 0.25) is 10.0 Å². The minimum atomic E-state index is -3.66. The van der Waals surface area contributed by atoms with Crippen LogP contribution in [0.3, 0.4) is 0 Å². The second-order valence-electron chi connectivity index (χ2n) is 4.45. The highest BCUT2D eigenvalue weighted by atomic mass is 32.2. The van der Waals surface area contributed by atoms with E-state index in [1.165, 1.54) is 25.3 Å². The summed E-state index contributed by atoms with van der Waals surface area (Å²) in [6.07, 6.45) is 1.29. The van der Waals surface area contributed by atoms with Crippen LogP contribution in [0.5, 0.6) is 5.75 Å². The van der Waals surface area contributed by atoms with Gasteiger partial charge in [0.1, 0.15) is 5.75 Å². The average Bonchev–Trinajstić information content (AvgIpc) is 3.08. The summed E-state index contributed by atoms with van der Waals surface area (Å²) in [6.45, 7) is -0.197. The number of ether oxygens (including phenoxy) is 1. The molecule has 1 aliphatic carbocycles. The summed E-state index contributed by atoms with van der Waals surface area (Å²) in [6, 6.07) is 4.27. The van der Waals surface area contributed by atoms with Crippen molar-refractivity contribution in [2.45, 2.75) is 23.3 Å². The van der Waals surface area contributed by atoms with E-state index in [4.69, 9.17) is 15.6 Å². The van der Waals surface area contributed by atoms with Crippen LogP contribution in [0.2, 0.25) is 0 Å². The zero-order chi connectivity index (χ0) is 13.4. The summed E-state index contributed by atoms with van der Waals surface area (Å²) >= 11 is 0. The van der Waals surface area contributed by atoms with Crippen molar-refractivity contribution in [1.29, 1.82) is 0 Å². The monoisotopic (exact) mass is 272 g/mol. The fourth-order valence-electron chi connectivity index (χ4n) is 1.67. The number of benzene rings is 1. The third-order valence-electron chi connectivity index (χ3n) is 3.02. The van der Waals surface area contributed by atoms with E-state index in [1.54, 1.807) is 0 Å². The van der Waals surface area contributed by atoms with Gasteiger partial charge in [-0.15, -0.1) is 0 Å². The molecule has 0 aliphatic heterocycles. The average molecular weight is 272 g/mol. The van der Waals surface area contributed by atoms with Crippen LogP contribution >= 0.6 is 0 Å². The van der Waals surface area contributed by atoms with E-state index in [-0.39, 0.29) is 17.2 Å². The SMILES string of the molecule is COc1ccc(S(=O)(=O)NC2(CO)CC2)cc1N. The fraction of sp³-hybridized carbons (Fsp3) is 0.455. The summed E-state index contributed by atoms with van der Waals surface area (Å²) in [5, 5.41) is 9.13. The predicted octanol–water partition coefficient (Wildman–Crippen LogP) is 0.0806. The molecule has 0 heterocycles. The Kier molecular flexibility index (Phi) is 3.22. The van der Waals surface area contributed by atoms with Crippen LogP contribution in [0.4, 0.5) is 5.69 Å². The van der Waals surface area contributed by atoms with E-state index in [0.29, 0.717) is 18.6 Å². The molecule has 1 saturated carbocycles. The smallest absolute Gasteiger partial charge is 0.241 e. The molecular formula is C11H16N2O4S. The molecule has 2 rings (SSSR count). The van der Waals surface area contributed by atoms with Gasteiger partial charge in [-0.3, -0.25) is 0 Å². The van der Waals surface area contributed by atoms with Crippen molar-refractivity contribution in [3.8, 4) is 5.75 Å². The van der Waals surface area contributed by atoms with Crippen molar-refractivity contribution in [3.63, 3.8) is 0 Å². The highest BCUT2D eigenvalue weighted by Crippen LogP contribution is 2.36. The molecule has 0 saturated heterocycles. The van der Waals surface area contributed by atoms with Crippen LogP contribution in [0.1, 0.15) is 12.8 Å². The number of aliphatic hydroxyl groups excluding tert-OH is 1. The Bertz CT molecular complexity index is 552. The Morgan fingerprint density at radius 3 is 2.61 bits per heavy atom. The Hall–Kier alpha value is -1.31. The lowest BCUT2D eigenvalue weighted by Crippen LogP contribution is -2.39. The van der Waals surface area contributed by atoms with Gasteiger partial charge in [-0.05, 0) is 31.0 Å². The molecule has 0 unspecified atom stereocenters. The van der Waals surface area contributed by atoms with E-state index in [1.807, 2.05) is 0 Å². The zero-order valence-electron chi connectivity index (χ0n) is 10.0. The minimum Gasteiger partial charge on any atom is -0.495 e. The Labute approximate surface area is 106 Å². The first-order valence-corrected chi connectivity index (χ1v) is 6.99. The second kappa shape index (κ2) is 4.42. The van der Waals surface area contributed by atoms with Crippen molar-refractivity contribution in [2.75, 3.05) is 19.5 Å². The minimum absolute atomic E-state index is 0.0699. The Morgan fingerprint density at radius 2 is 2.17 bits per heavy atom. The van der Waals surface area contributed by atoms with Gasteiger partial charge in [0.05, 0.1) is 29.8 Å². The summed E-state index contributed by atoms with van der Waals surface area (Å²) in [7, 11) is -2.20. The molecule has 0 bridgehead atoms. The van der Waals surface area contributed by atoms with Crippen molar-refractivity contribution in [2.24, 2.45) is 0 Å². The van der Waals surface area contributed by atoms with Gasteiger partial charge in [-0.25, -0.2) is 13.1 Å². The molecule has 0 aromatic heterocycles. The van der Waals surface area contributed by atoms with Crippen LogP contribution in [0, 0.1) is 0 Å². The normalized spacial score (nSPS) is 17.4. The molecule has 0 radical (unpaired) electrons. The maximum absolute atomic E-state index is 12.1. The molecule has 1 aromatic rings. The third-order valence-corrected chi connectivity index (χ3v) is 4.59. The van der Waals surface area contributed by atoms with Gasteiger partial charge in [0.25, 0.3) is 0 Å². The van der Waals surface area contributed by atoms with Gasteiger partial charge in [-0.1, -0.05) is 0 Å². The number of rotatable bonds is 5. The number of nitrogen functional groups attached to an aromatic ring is 1. The Morgan fingerprint density at radius 1 is 1.50 bits per heavy atom. The van der Waals surface area contributed by atoms with Gasteiger partial charge >= 0.3 is 0 Å². The van der Waals surface area contributed by atoms with Crippen molar-refractivity contribution >= 4 is 15.7 Å². The summed E-state index contributed by atoms with van der Waals surface area (Å²) in [5.41, 5.74) is 5.25.